The number of hydrogen-bond acceptors (Lipinski definition) is 4. The zero-order valence-electron chi connectivity index (χ0n) is 12.3. The van der Waals surface area contributed by atoms with Crippen LogP contribution in [-0.4, -0.2) is 16.1 Å². The Balaban J connectivity index is 2.19. The van der Waals surface area contributed by atoms with Gasteiger partial charge in [-0.25, -0.2) is 0 Å². The van der Waals surface area contributed by atoms with Crippen LogP contribution in [0.1, 0.15) is 45.4 Å². The quantitative estimate of drug-likeness (QED) is 0.934. The molecule has 1 heterocycles. The molecule has 106 valence electrons. The highest BCUT2D eigenvalue weighted by atomic mass is 32.1. The highest BCUT2D eigenvalue weighted by molar-refractivity contribution is 7.15. The molecule has 0 aliphatic heterocycles. The summed E-state index contributed by atoms with van der Waals surface area (Å²) in [5.41, 5.74) is 3.86. The van der Waals surface area contributed by atoms with Crippen molar-refractivity contribution in [2.45, 2.75) is 40.5 Å². The van der Waals surface area contributed by atoms with Crippen molar-refractivity contribution in [3.8, 4) is 0 Å². The molecule has 0 atom stereocenters. The number of amides is 1. The Morgan fingerprint density at radius 3 is 2.45 bits per heavy atom. The van der Waals surface area contributed by atoms with Gasteiger partial charge in [-0.15, -0.1) is 10.2 Å². The summed E-state index contributed by atoms with van der Waals surface area (Å²) in [4.78, 5) is 12.4. The number of aryl methyl sites for hydroxylation is 4. The van der Waals surface area contributed by atoms with Gasteiger partial charge < -0.3 is 0 Å². The van der Waals surface area contributed by atoms with E-state index in [1.165, 1.54) is 11.3 Å². The molecule has 1 aromatic heterocycles. The summed E-state index contributed by atoms with van der Waals surface area (Å²) in [6.07, 6.45) is 1.93. The van der Waals surface area contributed by atoms with Crippen LogP contribution in [0.2, 0.25) is 0 Å². The third kappa shape index (κ3) is 3.22. The molecule has 0 saturated carbocycles. The van der Waals surface area contributed by atoms with Crippen LogP contribution in [-0.2, 0) is 6.42 Å². The van der Waals surface area contributed by atoms with Crippen molar-refractivity contribution >= 4 is 22.4 Å². The van der Waals surface area contributed by atoms with Crippen LogP contribution < -0.4 is 5.32 Å². The van der Waals surface area contributed by atoms with Crippen molar-refractivity contribution in [2.75, 3.05) is 5.32 Å². The smallest absolute Gasteiger partial charge is 0.258 e. The molecule has 0 bridgehead atoms. The number of carbonyl (C=O) groups excluding carboxylic acids is 1. The Morgan fingerprint density at radius 1 is 1.20 bits per heavy atom. The molecule has 0 spiro atoms. The topological polar surface area (TPSA) is 54.9 Å². The van der Waals surface area contributed by atoms with Gasteiger partial charge in [0.25, 0.3) is 5.91 Å². The van der Waals surface area contributed by atoms with Gasteiger partial charge in [0.05, 0.1) is 0 Å². The second-order valence-corrected chi connectivity index (χ2v) is 6.04. The predicted octanol–water partition coefficient (Wildman–Crippen LogP) is 3.67. The number of benzene rings is 1. The lowest BCUT2D eigenvalue weighted by Gasteiger charge is -2.10. The predicted molar refractivity (Wildman–Crippen MR) is 82.5 cm³/mol. The molecule has 0 saturated heterocycles. The summed E-state index contributed by atoms with van der Waals surface area (Å²) in [6.45, 7) is 8.04. The average molecular weight is 289 g/mol. The summed E-state index contributed by atoms with van der Waals surface area (Å²) < 4.78 is 0. The minimum absolute atomic E-state index is 0.112. The monoisotopic (exact) mass is 289 g/mol. The molecule has 2 rings (SSSR count). The van der Waals surface area contributed by atoms with E-state index in [9.17, 15) is 4.79 Å². The molecule has 1 N–H and O–H groups in total. The van der Waals surface area contributed by atoms with E-state index in [1.54, 1.807) is 0 Å². The molecule has 2 aromatic rings. The van der Waals surface area contributed by atoms with Gasteiger partial charge in [-0.2, -0.15) is 0 Å². The molecule has 0 fully saturated rings. The fourth-order valence-electron chi connectivity index (χ4n) is 2.32. The summed E-state index contributed by atoms with van der Waals surface area (Å²) in [7, 11) is 0. The van der Waals surface area contributed by atoms with Crippen molar-refractivity contribution < 1.29 is 4.79 Å². The fraction of sp³-hybridized carbons (Fsp3) is 0.400. The van der Waals surface area contributed by atoms with Gasteiger partial charge in [-0.05, 0) is 38.3 Å². The Labute approximate surface area is 123 Å². The maximum absolute atomic E-state index is 12.4. The first-order valence-electron chi connectivity index (χ1n) is 6.72. The maximum atomic E-state index is 12.4. The number of carbonyl (C=O) groups is 1. The maximum Gasteiger partial charge on any atom is 0.258 e. The lowest BCUT2D eigenvalue weighted by atomic mass is 9.99. The molecule has 1 amide bonds. The Morgan fingerprint density at radius 2 is 1.85 bits per heavy atom. The molecule has 4 nitrogen and oxygen atoms in total. The second kappa shape index (κ2) is 6.13. The Bertz CT molecular complexity index is 611. The normalized spacial score (nSPS) is 10.6. The van der Waals surface area contributed by atoms with Crippen LogP contribution in [0, 0.1) is 20.8 Å². The van der Waals surface area contributed by atoms with E-state index in [0.29, 0.717) is 5.13 Å². The van der Waals surface area contributed by atoms with Gasteiger partial charge in [0.1, 0.15) is 5.01 Å². The largest absolute Gasteiger partial charge is 0.296 e. The molecule has 0 radical (unpaired) electrons. The highest BCUT2D eigenvalue weighted by Gasteiger charge is 2.15. The van der Waals surface area contributed by atoms with Crippen molar-refractivity contribution in [3.63, 3.8) is 0 Å². The van der Waals surface area contributed by atoms with Crippen LogP contribution in [0.25, 0.3) is 0 Å². The molecule has 0 aliphatic carbocycles. The molecule has 0 unspecified atom stereocenters. The zero-order valence-corrected chi connectivity index (χ0v) is 13.1. The zero-order chi connectivity index (χ0) is 14.7. The van der Waals surface area contributed by atoms with E-state index < -0.39 is 0 Å². The van der Waals surface area contributed by atoms with Crippen molar-refractivity contribution in [3.05, 3.63) is 39.4 Å². The lowest BCUT2D eigenvalue weighted by Crippen LogP contribution is -2.15. The minimum Gasteiger partial charge on any atom is -0.296 e. The Kier molecular flexibility index (Phi) is 4.49. The number of rotatable bonds is 4. The molecule has 1 aromatic carbocycles. The summed E-state index contributed by atoms with van der Waals surface area (Å²) in [5, 5.41) is 12.4. The SMILES string of the molecule is CCCc1nnc(NC(=O)c2c(C)cc(C)cc2C)s1. The Hall–Kier alpha value is -1.75. The van der Waals surface area contributed by atoms with Gasteiger partial charge in [0.2, 0.25) is 5.13 Å². The third-order valence-electron chi connectivity index (χ3n) is 3.06. The first-order valence-corrected chi connectivity index (χ1v) is 7.54. The fourth-order valence-corrected chi connectivity index (χ4v) is 3.15. The van der Waals surface area contributed by atoms with Crippen LogP contribution in [0.4, 0.5) is 5.13 Å². The van der Waals surface area contributed by atoms with Crippen molar-refractivity contribution in [1.29, 1.82) is 0 Å². The van der Waals surface area contributed by atoms with Gasteiger partial charge in [0.15, 0.2) is 0 Å². The lowest BCUT2D eigenvalue weighted by molar-refractivity contribution is 0.102. The average Bonchev–Trinajstić information content (AvgIpc) is 2.75. The van der Waals surface area contributed by atoms with E-state index in [2.05, 4.69) is 22.4 Å². The first-order chi connectivity index (χ1) is 9.51. The summed E-state index contributed by atoms with van der Waals surface area (Å²) in [5.74, 6) is -0.112. The van der Waals surface area contributed by atoms with Crippen LogP contribution in [0.15, 0.2) is 12.1 Å². The van der Waals surface area contributed by atoms with E-state index in [-0.39, 0.29) is 5.91 Å². The molecule has 5 heteroatoms. The van der Waals surface area contributed by atoms with E-state index in [1.807, 2.05) is 32.9 Å². The van der Waals surface area contributed by atoms with E-state index >= 15 is 0 Å². The van der Waals surface area contributed by atoms with Gasteiger partial charge in [-0.1, -0.05) is 36.0 Å². The van der Waals surface area contributed by atoms with Gasteiger partial charge in [-0.3, -0.25) is 10.1 Å². The summed E-state index contributed by atoms with van der Waals surface area (Å²) >= 11 is 1.44. The first kappa shape index (κ1) is 14.7. The van der Waals surface area contributed by atoms with Crippen LogP contribution >= 0.6 is 11.3 Å². The standard InChI is InChI=1S/C15H19N3OS/c1-5-6-12-17-18-15(20-12)16-14(19)13-10(3)7-9(2)8-11(13)4/h7-8H,5-6H2,1-4H3,(H,16,18,19). The molecular formula is C15H19N3OS. The highest BCUT2D eigenvalue weighted by Crippen LogP contribution is 2.21. The second-order valence-electron chi connectivity index (χ2n) is 4.98. The molecule has 0 aliphatic rings. The van der Waals surface area contributed by atoms with Gasteiger partial charge in [0, 0.05) is 12.0 Å². The molecule has 20 heavy (non-hydrogen) atoms. The van der Waals surface area contributed by atoms with Crippen LogP contribution in [0.3, 0.4) is 0 Å². The van der Waals surface area contributed by atoms with Crippen molar-refractivity contribution in [1.82, 2.24) is 10.2 Å². The van der Waals surface area contributed by atoms with Crippen molar-refractivity contribution in [2.24, 2.45) is 0 Å². The molecular weight excluding hydrogens is 270 g/mol. The number of anilines is 1. The number of aromatic nitrogens is 2. The number of hydrogen-bond donors (Lipinski definition) is 1. The third-order valence-corrected chi connectivity index (χ3v) is 3.95. The van der Waals surface area contributed by atoms with E-state index in [4.69, 9.17) is 0 Å². The minimum atomic E-state index is -0.112. The van der Waals surface area contributed by atoms with E-state index in [0.717, 1.165) is 40.1 Å². The number of nitrogens with one attached hydrogen (secondary N) is 1. The van der Waals surface area contributed by atoms with Crippen LogP contribution in [0.5, 0.6) is 0 Å². The van der Waals surface area contributed by atoms with Gasteiger partial charge >= 0.3 is 0 Å². The summed E-state index contributed by atoms with van der Waals surface area (Å²) in [6, 6.07) is 4.04. The number of nitrogens with zero attached hydrogens (tertiary/aromatic N) is 2.